The van der Waals surface area contributed by atoms with Crippen molar-refractivity contribution in [3.8, 4) is 0 Å². The Morgan fingerprint density at radius 1 is 0.609 bits per heavy atom. The van der Waals surface area contributed by atoms with Crippen LogP contribution in [0, 0.1) is 0 Å². The van der Waals surface area contributed by atoms with Crippen LogP contribution in [-0.4, -0.2) is 204 Å². The minimum absolute atomic E-state index is 0.00435. The number of fused-ring (bicyclic) bond motifs is 4. The Balaban J connectivity index is 1.14. The van der Waals surface area contributed by atoms with E-state index in [1.165, 1.54) is 14.2 Å². The van der Waals surface area contributed by atoms with Crippen molar-refractivity contribution in [2.45, 2.75) is 123 Å². The molecule has 0 aromatic heterocycles. The minimum Gasteiger partial charge on any atom is -0.479 e. The van der Waals surface area contributed by atoms with Gasteiger partial charge in [0, 0.05) is 14.2 Å². The number of ether oxygens (including phenoxy) is 11. The lowest BCUT2D eigenvalue weighted by atomic mass is 9.96. The van der Waals surface area contributed by atoms with E-state index in [9.17, 15) is 45.6 Å². The molecule has 0 aliphatic carbocycles. The van der Waals surface area contributed by atoms with Gasteiger partial charge >= 0.3 is 5.97 Å². The Kier molecular flexibility index (Phi) is 10.5. The zero-order valence-electron chi connectivity index (χ0n) is 24.6. The van der Waals surface area contributed by atoms with Gasteiger partial charge in [0.25, 0.3) is 0 Å². The fourth-order valence-electron chi connectivity index (χ4n) is 6.71. The average Bonchev–Trinajstić information content (AvgIpc) is 3.51. The Morgan fingerprint density at radius 2 is 1.11 bits per heavy atom. The van der Waals surface area contributed by atoms with Crippen molar-refractivity contribution in [1.29, 1.82) is 0 Å². The molecule has 8 N–H and O–H groups in total. The molecule has 0 radical (unpaired) electrons. The molecule has 20 atom stereocenters. The lowest BCUT2D eigenvalue weighted by Gasteiger charge is -2.47. The van der Waals surface area contributed by atoms with Crippen LogP contribution in [0.4, 0.5) is 0 Å². The van der Waals surface area contributed by atoms with Gasteiger partial charge in [-0.2, -0.15) is 0 Å². The molecule has 0 amide bonds. The van der Waals surface area contributed by atoms with Gasteiger partial charge in [-0.05, 0) is 0 Å². The van der Waals surface area contributed by atoms with Crippen molar-refractivity contribution in [3.05, 3.63) is 0 Å². The van der Waals surface area contributed by atoms with Gasteiger partial charge < -0.3 is 93.0 Å². The first kappa shape index (κ1) is 34.6. The maximum absolute atomic E-state index is 12.0. The largest absolute Gasteiger partial charge is 0.479 e. The second-order valence-electron chi connectivity index (χ2n) is 11.9. The number of hydrogen-bond donors (Lipinski definition) is 8. The number of aliphatic hydroxyl groups is 7. The van der Waals surface area contributed by atoms with Gasteiger partial charge in [-0.25, -0.2) is 4.79 Å². The predicted octanol–water partition coefficient (Wildman–Crippen LogP) is -6.26. The van der Waals surface area contributed by atoms with Gasteiger partial charge in [0.05, 0.1) is 19.8 Å². The Morgan fingerprint density at radius 3 is 1.65 bits per heavy atom. The number of carbonyl (C=O) groups is 1. The van der Waals surface area contributed by atoms with Gasteiger partial charge in [0.2, 0.25) is 0 Å². The van der Waals surface area contributed by atoms with Gasteiger partial charge in [-0.3, -0.25) is 0 Å². The summed E-state index contributed by atoms with van der Waals surface area (Å²) < 4.78 is 61.3. The van der Waals surface area contributed by atoms with E-state index in [0.29, 0.717) is 0 Å². The number of carboxylic acids is 1. The van der Waals surface area contributed by atoms with Crippen LogP contribution in [0.25, 0.3) is 0 Å². The smallest absolute Gasteiger partial charge is 0.335 e. The van der Waals surface area contributed by atoms with E-state index in [1.54, 1.807) is 0 Å². The number of carboxylic acid groups (broad SMARTS) is 1. The first-order chi connectivity index (χ1) is 22.0. The number of methoxy groups -OCH3 is 2. The number of aliphatic carboxylic acids is 1. The third-order valence-electron chi connectivity index (χ3n) is 9.12. The third-order valence-corrected chi connectivity index (χ3v) is 9.12. The molecule has 6 heterocycles. The Labute approximate surface area is 261 Å². The SMILES string of the molecule is COC1OC2COC(C1O)C2OC1OC(C(=O)O)C(O)C(OC2OC3COC(C2O)C3OC2OC(CO)C(O)C(OC)C2O)C1O. The molecule has 46 heavy (non-hydrogen) atoms. The van der Waals surface area contributed by atoms with E-state index in [0.717, 1.165) is 0 Å². The fraction of sp³-hybridized carbons (Fsp3) is 0.962. The van der Waals surface area contributed by atoms with Crippen molar-refractivity contribution >= 4 is 5.97 Å². The van der Waals surface area contributed by atoms with Crippen LogP contribution in [0.2, 0.25) is 0 Å². The molecule has 264 valence electrons. The predicted molar refractivity (Wildman–Crippen MR) is 137 cm³/mol. The van der Waals surface area contributed by atoms with Gasteiger partial charge in [-0.15, -0.1) is 0 Å². The molecule has 6 rings (SSSR count). The topological polar surface area (TPSA) is 280 Å². The highest BCUT2D eigenvalue weighted by Crippen LogP contribution is 2.39. The average molecular weight is 673 g/mol. The monoisotopic (exact) mass is 672 g/mol. The van der Waals surface area contributed by atoms with Crippen LogP contribution in [-0.2, 0) is 56.9 Å². The summed E-state index contributed by atoms with van der Waals surface area (Å²) in [7, 11) is 2.58. The van der Waals surface area contributed by atoms with Crippen LogP contribution in [0.1, 0.15) is 0 Å². The van der Waals surface area contributed by atoms with Gasteiger partial charge in [-0.1, -0.05) is 0 Å². The van der Waals surface area contributed by atoms with E-state index in [-0.39, 0.29) is 13.2 Å². The van der Waals surface area contributed by atoms with E-state index in [2.05, 4.69) is 0 Å². The molecule has 20 unspecified atom stereocenters. The van der Waals surface area contributed by atoms with Gasteiger partial charge in [0.1, 0.15) is 91.6 Å². The minimum atomic E-state index is -1.96. The highest BCUT2D eigenvalue weighted by atomic mass is 16.8. The van der Waals surface area contributed by atoms with Crippen LogP contribution >= 0.6 is 0 Å². The molecule has 20 nitrogen and oxygen atoms in total. The zero-order chi connectivity index (χ0) is 33.0. The van der Waals surface area contributed by atoms with Crippen LogP contribution < -0.4 is 0 Å². The highest BCUT2D eigenvalue weighted by molar-refractivity contribution is 5.73. The maximum atomic E-state index is 12.0. The second-order valence-corrected chi connectivity index (χ2v) is 11.9. The molecule has 0 aromatic carbocycles. The third kappa shape index (κ3) is 6.08. The first-order valence-electron chi connectivity index (χ1n) is 14.8. The van der Waals surface area contributed by atoms with Crippen LogP contribution in [0.5, 0.6) is 0 Å². The summed E-state index contributed by atoms with van der Waals surface area (Å²) in [5.74, 6) is -1.60. The van der Waals surface area contributed by atoms with Crippen molar-refractivity contribution in [2.75, 3.05) is 34.0 Å². The highest BCUT2D eigenvalue weighted by Gasteiger charge is 2.59. The molecule has 0 spiro atoms. The molecular formula is C26H40O20. The zero-order valence-corrected chi connectivity index (χ0v) is 24.6. The lowest BCUT2D eigenvalue weighted by molar-refractivity contribution is -0.369. The summed E-state index contributed by atoms with van der Waals surface area (Å²) in [5, 5.41) is 84.0. The lowest BCUT2D eigenvalue weighted by Crippen LogP contribution is -2.66. The molecule has 6 saturated heterocycles. The summed E-state index contributed by atoms with van der Waals surface area (Å²) in [6.07, 6.45) is -27.2. The number of hydrogen-bond acceptors (Lipinski definition) is 19. The summed E-state index contributed by atoms with van der Waals surface area (Å²) in [4.78, 5) is 12.0. The summed E-state index contributed by atoms with van der Waals surface area (Å²) in [6, 6.07) is 0. The molecular weight excluding hydrogens is 632 g/mol. The quantitative estimate of drug-likeness (QED) is 0.107. The summed E-state index contributed by atoms with van der Waals surface area (Å²) in [5.41, 5.74) is 0. The van der Waals surface area contributed by atoms with Gasteiger partial charge in [0.15, 0.2) is 31.3 Å². The normalized spacial score (nSPS) is 53.8. The Bertz CT molecular complexity index is 1050. The van der Waals surface area contributed by atoms with Crippen molar-refractivity contribution in [1.82, 2.24) is 0 Å². The molecule has 20 heteroatoms. The molecule has 6 aliphatic rings. The number of aliphatic hydroxyl groups excluding tert-OH is 7. The van der Waals surface area contributed by atoms with E-state index >= 15 is 0 Å². The maximum Gasteiger partial charge on any atom is 0.335 e. The molecule has 6 fully saturated rings. The first-order valence-corrected chi connectivity index (χ1v) is 14.8. The van der Waals surface area contributed by atoms with Crippen molar-refractivity contribution in [2.24, 2.45) is 0 Å². The number of rotatable bonds is 10. The molecule has 0 saturated carbocycles. The molecule has 4 bridgehead atoms. The standard InChI is InChI=1S/C26H40O20/c1-36-17-9(28)6(3-27)40-24(11(17)30)43-16-8-5-39-20(16)14(33)25(42-8)45-18-10(29)21(22(34)35)46-26(12(18)31)44-15-7-4-38-19(15)13(32)23(37-2)41-7/h6-21,23-33H,3-5H2,1-2H3,(H,34,35). The fourth-order valence-corrected chi connectivity index (χ4v) is 6.71. The van der Waals surface area contributed by atoms with Crippen LogP contribution in [0.3, 0.4) is 0 Å². The van der Waals surface area contributed by atoms with Crippen LogP contribution in [0.15, 0.2) is 0 Å². The molecule has 0 aromatic rings. The van der Waals surface area contributed by atoms with E-state index in [1.807, 2.05) is 0 Å². The van der Waals surface area contributed by atoms with E-state index in [4.69, 9.17) is 52.1 Å². The summed E-state index contributed by atoms with van der Waals surface area (Å²) >= 11 is 0. The van der Waals surface area contributed by atoms with Crippen molar-refractivity contribution < 1.29 is 97.8 Å². The van der Waals surface area contributed by atoms with Crippen molar-refractivity contribution in [3.63, 3.8) is 0 Å². The summed E-state index contributed by atoms with van der Waals surface area (Å²) in [6.45, 7) is -0.721. The molecule has 6 aliphatic heterocycles. The van der Waals surface area contributed by atoms with E-state index < -0.39 is 135 Å². The second kappa shape index (κ2) is 13.9. The Hall–Kier alpha value is -1.25.